The summed E-state index contributed by atoms with van der Waals surface area (Å²) in [5, 5.41) is 0. The highest BCUT2D eigenvalue weighted by Gasteiger charge is 2.36. The smallest absolute Gasteiger partial charge is 0.111 e. The summed E-state index contributed by atoms with van der Waals surface area (Å²) in [6.07, 6.45) is 21.7. The van der Waals surface area contributed by atoms with E-state index in [0.29, 0.717) is 13.2 Å². The van der Waals surface area contributed by atoms with Crippen LogP contribution in [0, 0.1) is 0 Å². The zero-order valence-corrected chi connectivity index (χ0v) is 17.4. The summed E-state index contributed by atoms with van der Waals surface area (Å²) >= 11 is 0. The molecule has 1 saturated heterocycles. The van der Waals surface area contributed by atoms with E-state index in [0.717, 1.165) is 0 Å². The summed E-state index contributed by atoms with van der Waals surface area (Å²) in [5.41, 5.74) is 1.22. The Hall–Kier alpha value is -1.12. The lowest BCUT2D eigenvalue weighted by Crippen LogP contribution is -2.03. The molecule has 2 nitrogen and oxygen atoms in total. The van der Waals surface area contributed by atoms with E-state index in [4.69, 9.17) is 9.47 Å². The van der Waals surface area contributed by atoms with Crippen LogP contribution in [0.4, 0.5) is 0 Å². The number of rotatable bonds is 17. The number of epoxide rings is 1. The maximum absolute atomic E-state index is 5.73. The highest BCUT2D eigenvalue weighted by molar-refractivity contribution is 5.13. The van der Waals surface area contributed by atoms with Crippen molar-refractivity contribution in [1.29, 1.82) is 0 Å². The molecular weight excluding hydrogens is 332 g/mol. The normalized spacial score (nSPS) is 19.0. The molecule has 0 unspecified atom stereocenters. The molecule has 0 aliphatic carbocycles. The van der Waals surface area contributed by atoms with Gasteiger partial charge in [0, 0.05) is 0 Å². The average Bonchev–Trinajstić information content (AvgIpc) is 3.44. The number of hydrogen-bond donors (Lipinski definition) is 0. The molecule has 0 spiro atoms. The van der Waals surface area contributed by atoms with Crippen molar-refractivity contribution >= 4 is 0 Å². The highest BCUT2D eigenvalue weighted by Crippen LogP contribution is 2.24. The van der Waals surface area contributed by atoms with Gasteiger partial charge in [-0.25, -0.2) is 0 Å². The lowest BCUT2D eigenvalue weighted by atomic mass is 10.1. The number of allylic oxidation sites excluding steroid dienone is 1. The fraction of sp³-hybridized carbons (Fsp3) is 0.680. The first-order valence-electron chi connectivity index (χ1n) is 11.3. The van der Waals surface area contributed by atoms with E-state index >= 15 is 0 Å². The number of ether oxygens (including phenoxy) is 2. The van der Waals surface area contributed by atoms with Crippen molar-refractivity contribution in [3.05, 3.63) is 48.0 Å². The van der Waals surface area contributed by atoms with Crippen molar-refractivity contribution in [3.63, 3.8) is 0 Å². The minimum atomic E-state index is 0.266. The quantitative estimate of drug-likeness (QED) is 0.163. The molecule has 1 aromatic rings. The summed E-state index contributed by atoms with van der Waals surface area (Å²) in [6, 6.07) is 10.3. The Morgan fingerprint density at radius 2 is 1.48 bits per heavy atom. The summed E-state index contributed by atoms with van der Waals surface area (Å²) in [7, 11) is 0. The van der Waals surface area contributed by atoms with Crippen molar-refractivity contribution in [2.45, 2.75) is 103 Å². The first-order valence-corrected chi connectivity index (χ1v) is 11.3. The SMILES string of the molecule is CCCCCCCCCCCCC/C=C/[C@H]1O[C@@H]1COCc1ccccc1. The predicted molar refractivity (Wildman–Crippen MR) is 115 cm³/mol. The maximum atomic E-state index is 5.73. The molecule has 2 rings (SSSR count). The van der Waals surface area contributed by atoms with Gasteiger partial charge in [-0.15, -0.1) is 0 Å². The standard InChI is InChI=1S/C25H40O2/c1-2-3-4-5-6-7-8-9-10-11-12-13-17-20-24-25(27-24)22-26-21-23-18-15-14-16-19-23/h14-20,24-25H,2-13,21-22H2,1H3/b20-17+/t24-,25-/m1/s1. The van der Waals surface area contributed by atoms with Crippen molar-refractivity contribution in [2.75, 3.05) is 6.61 Å². The Morgan fingerprint density at radius 1 is 0.852 bits per heavy atom. The first kappa shape index (κ1) is 22.2. The zero-order valence-electron chi connectivity index (χ0n) is 17.4. The van der Waals surface area contributed by atoms with Crippen LogP contribution in [-0.2, 0) is 16.1 Å². The molecule has 2 atom stereocenters. The van der Waals surface area contributed by atoms with Crippen LogP contribution in [0.25, 0.3) is 0 Å². The van der Waals surface area contributed by atoms with Crippen LogP contribution in [0.5, 0.6) is 0 Å². The lowest BCUT2D eigenvalue weighted by molar-refractivity contribution is 0.104. The molecule has 1 aliphatic heterocycles. The molecule has 1 aromatic carbocycles. The molecule has 1 heterocycles. The van der Waals surface area contributed by atoms with E-state index in [-0.39, 0.29) is 12.2 Å². The molecule has 27 heavy (non-hydrogen) atoms. The summed E-state index contributed by atoms with van der Waals surface area (Å²) in [4.78, 5) is 0. The third-order valence-electron chi connectivity index (χ3n) is 5.32. The Balaban J connectivity index is 1.33. The van der Waals surface area contributed by atoms with Crippen LogP contribution in [0.3, 0.4) is 0 Å². The van der Waals surface area contributed by atoms with Crippen LogP contribution >= 0.6 is 0 Å². The monoisotopic (exact) mass is 372 g/mol. The van der Waals surface area contributed by atoms with Gasteiger partial charge >= 0.3 is 0 Å². The zero-order chi connectivity index (χ0) is 19.0. The molecular formula is C25H40O2. The summed E-state index contributed by atoms with van der Waals surface area (Å²) < 4.78 is 11.4. The molecule has 0 amide bonds. The minimum Gasteiger partial charge on any atom is -0.374 e. The molecule has 1 fully saturated rings. The van der Waals surface area contributed by atoms with Crippen molar-refractivity contribution in [1.82, 2.24) is 0 Å². The molecule has 0 aromatic heterocycles. The molecule has 0 saturated carbocycles. The van der Waals surface area contributed by atoms with E-state index in [1.165, 1.54) is 82.6 Å². The molecule has 0 bridgehead atoms. The highest BCUT2D eigenvalue weighted by atomic mass is 16.6. The second-order valence-corrected chi connectivity index (χ2v) is 7.89. The van der Waals surface area contributed by atoms with Gasteiger partial charge in [0.1, 0.15) is 12.2 Å². The average molecular weight is 373 g/mol. The van der Waals surface area contributed by atoms with E-state index in [9.17, 15) is 0 Å². The van der Waals surface area contributed by atoms with Gasteiger partial charge in [0.25, 0.3) is 0 Å². The van der Waals surface area contributed by atoms with E-state index < -0.39 is 0 Å². The van der Waals surface area contributed by atoms with E-state index in [2.05, 4.69) is 31.2 Å². The summed E-state index contributed by atoms with van der Waals surface area (Å²) in [5.74, 6) is 0. The molecule has 0 N–H and O–H groups in total. The van der Waals surface area contributed by atoms with Crippen molar-refractivity contribution < 1.29 is 9.47 Å². The second-order valence-electron chi connectivity index (χ2n) is 7.89. The van der Waals surface area contributed by atoms with Gasteiger partial charge in [0.2, 0.25) is 0 Å². The Kier molecular flexibility index (Phi) is 12.2. The van der Waals surface area contributed by atoms with Crippen molar-refractivity contribution in [3.8, 4) is 0 Å². The Bertz CT molecular complexity index is 482. The van der Waals surface area contributed by atoms with Crippen LogP contribution < -0.4 is 0 Å². The molecule has 152 valence electrons. The van der Waals surface area contributed by atoms with Gasteiger partial charge in [-0.3, -0.25) is 0 Å². The minimum absolute atomic E-state index is 0.266. The fourth-order valence-corrected chi connectivity index (χ4v) is 3.48. The van der Waals surface area contributed by atoms with Gasteiger partial charge in [0.15, 0.2) is 0 Å². The van der Waals surface area contributed by atoms with Gasteiger partial charge in [-0.1, -0.05) is 114 Å². The number of hydrogen-bond acceptors (Lipinski definition) is 2. The first-order chi connectivity index (χ1) is 13.4. The lowest BCUT2D eigenvalue weighted by Gasteiger charge is -2.01. The Labute approximate surface area is 167 Å². The third kappa shape index (κ3) is 11.3. The predicted octanol–water partition coefficient (Wildman–Crippen LogP) is 7.23. The number of benzene rings is 1. The van der Waals surface area contributed by atoms with Crippen molar-refractivity contribution in [2.24, 2.45) is 0 Å². The molecule has 2 heteroatoms. The Morgan fingerprint density at radius 3 is 2.15 bits per heavy atom. The fourth-order valence-electron chi connectivity index (χ4n) is 3.48. The van der Waals surface area contributed by atoms with Gasteiger partial charge in [0.05, 0.1) is 13.2 Å². The second kappa shape index (κ2) is 14.9. The number of unbranched alkanes of at least 4 members (excludes halogenated alkanes) is 11. The van der Waals surface area contributed by atoms with Gasteiger partial charge in [-0.05, 0) is 18.4 Å². The van der Waals surface area contributed by atoms with E-state index in [1.807, 2.05) is 18.2 Å². The van der Waals surface area contributed by atoms with Crippen LogP contribution in [0.15, 0.2) is 42.5 Å². The molecule has 1 aliphatic rings. The van der Waals surface area contributed by atoms with Crippen LogP contribution in [-0.4, -0.2) is 18.8 Å². The molecule has 0 radical (unpaired) electrons. The van der Waals surface area contributed by atoms with Gasteiger partial charge < -0.3 is 9.47 Å². The maximum Gasteiger partial charge on any atom is 0.111 e. The van der Waals surface area contributed by atoms with Crippen LogP contribution in [0.1, 0.15) is 89.5 Å². The summed E-state index contributed by atoms with van der Waals surface area (Å²) in [6.45, 7) is 3.66. The third-order valence-corrected chi connectivity index (χ3v) is 5.32. The van der Waals surface area contributed by atoms with Crippen LogP contribution in [0.2, 0.25) is 0 Å². The van der Waals surface area contributed by atoms with E-state index in [1.54, 1.807) is 0 Å². The van der Waals surface area contributed by atoms with Gasteiger partial charge in [-0.2, -0.15) is 0 Å². The topological polar surface area (TPSA) is 21.8 Å². The largest absolute Gasteiger partial charge is 0.374 e.